The smallest absolute Gasteiger partial charge is 0.115 e. The third kappa shape index (κ3) is 14.3. The maximum Gasteiger partial charge on any atom is 0.115 e. The van der Waals surface area contributed by atoms with Gasteiger partial charge in [-0.2, -0.15) is 0 Å². The lowest BCUT2D eigenvalue weighted by Gasteiger charge is -2.13. The fourth-order valence-electron chi connectivity index (χ4n) is 23.0. The number of aromatic nitrogens is 6. The van der Waals surface area contributed by atoms with Gasteiger partial charge in [0.25, 0.3) is 0 Å². The van der Waals surface area contributed by atoms with E-state index in [1.807, 2.05) is 23.5 Å². The molecule has 684 valence electrons. The van der Waals surface area contributed by atoms with E-state index in [4.69, 9.17) is 0 Å². The van der Waals surface area contributed by atoms with Crippen molar-refractivity contribution in [3.8, 4) is 118 Å². The Bertz CT molecular complexity index is 10400. The van der Waals surface area contributed by atoms with Crippen LogP contribution in [0.2, 0.25) is 0 Å². The van der Waals surface area contributed by atoms with Crippen LogP contribution in [0, 0.1) is 0 Å². The van der Waals surface area contributed by atoms with E-state index in [1.54, 1.807) is 12.1 Å². The summed E-state index contributed by atoms with van der Waals surface area (Å²) in [6.07, 6.45) is 0. The number of rotatable bonds is 13. The third-order valence-electron chi connectivity index (χ3n) is 29.6. The van der Waals surface area contributed by atoms with Crippen molar-refractivity contribution in [2.24, 2.45) is 0 Å². The number of phenolic OH excluding ortho intramolecular Hbond substituents is 1. The molecule has 0 amide bonds. The lowest BCUT2D eigenvalue weighted by molar-refractivity contribution is 0.475. The van der Waals surface area contributed by atoms with Crippen LogP contribution in [0.5, 0.6) is 5.75 Å². The molecule has 0 radical (unpaired) electrons. The van der Waals surface area contributed by atoms with Crippen LogP contribution in [0.3, 0.4) is 0 Å². The quantitative estimate of drug-likeness (QED) is 0.123. The van der Waals surface area contributed by atoms with Crippen molar-refractivity contribution in [2.75, 3.05) is 0 Å². The highest BCUT2D eigenvalue weighted by molar-refractivity contribution is 7.26. The number of nitrogens with zero attached hydrogens (tertiary/aromatic N) is 6. The van der Waals surface area contributed by atoms with Gasteiger partial charge in [-0.15, -0.1) is 11.3 Å². The van der Waals surface area contributed by atoms with Crippen molar-refractivity contribution in [3.63, 3.8) is 0 Å². The number of para-hydroxylation sites is 8. The second-order valence-electron chi connectivity index (χ2n) is 37.9. The van der Waals surface area contributed by atoms with Gasteiger partial charge in [-0.1, -0.05) is 352 Å². The van der Waals surface area contributed by atoms with Gasteiger partial charge in [-0.3, -0.25) is 0 Å². The summed E-state index contributed by atoms with van der Waals surface area (Å²) in [5.74, 6) is 0.275. The van der Waals surface area contributed by atoms with Crippen LogP contribution < -0.4 is 0 Å². The monoisotopic (exact) mass is 1880 g/mol. The average Bonchev–Trinajstić information content (AvgIpc) is 1.56. The first-order chi connectivity index (χ1) is 72.4. The van der Waals surface area contributed by atoms with Gasteiger partial charge in [0.05, 0.1) is 66.2 Å². The Kier molecular flexibility index (Phi) is 20.5. The molecule has 0 atom stereocenters. The van der Waals surface area contributed by atoms with Gasteiger partial charge >= 0.3 is 0 Å². The van der Waals surface area contributed by atoms with E-state index in [1.165, 1.54) is 241 Å². The summed E-state index contributed by atoms with van der Waals surface area (Å²) in [5.41, 5.74) is 38.3. The number of aromatic hydroxyl groups is 1. The summed E-state index contributed by atoms with van der Waals surface area (Å²) in [7, 11) is 0. The minimum absolute atomic E-state index is 0.275. The number of phenols is 1. The molecule has 146 heavy (non-hydrogen) atoms. The van der Waals surface area contributed by atoms with Crippen molar-refractivity contribution >= 4 is 162 Å². The molecule has 0 spiro atoms. The molecule has 1 N–H and O–H groups in total. The molecule has 7 heterocycles. The van der Waals surface area contributed by atoms with Gasteiger partial charge in [-0.05, 0) is 260 Å². The molecule has 8 heteroatoms. The standard InChI is InChI=1S/C48H32N2O.C48H30N2S.C42H28N2/c51-40-25-19-34(20-26-40)33-17-23-38(24-18-33)49-45-15-6-4-13-41(45)43-30-36(21-27-47(43)49)37-22-28-48-44(31-37)42-14-5-7-16-46(42)50(48)39-12-8-11-35(29-39)32-9-2-1-3-10-32;1-3-15-31(16-4-1)39-29-33(30-40-34-19-9-12-28-45(34)51-48(39)40)50-42-25-11-8-21-38(42)47-36(23-14-27-44(47)50)35-22-13-26-43-46(35)37-20-7-10-24-41(37)49(43)32-17-5-2-6-18-32;1-3-11-29(12-4-1)30-19-23-34(24-20-30)44-40-18-10-8-16-36(40)38-28-32(22-26-42(38)44)31-21-25-41-37(27-31)35-15-7-9-17-39(35)43(41)33-13-5-2-6-14-33/h1-31,51H;1-30H;1-28H. The van der Waals surface area contributed by atoms with Crippen LogP contribution in [0.15, 0.2) is 540 Å². The van der Waals surface area contributed by atoms with Gasteiger partial charge in [0.15, 0.2) is 0 Å². The Balaban J connectivity index is 0.000000106. The molecule has 0 fully saturated rings. The van der Waals surface area contributed by atoms with Crippen molar-refractivity contribution in [1.29, 1.82) is 0 Å². The van der Waals surface area contributed by atoms with Crippen LogP contribution in [-0.4, -0.2) is 32.5 Å². The van der Waals surface area contributed by atoms with Crippen LogP contribution >= 0.6 is 11.3 Å². The fourth-order valence-corrected chi connectivity index (χ4v) is 24.3. The molecule has 0 aliphatic carbocycles. The largest absolute Gasteiger partial charge is 0.508 e. The molecule has 0 saturated heterocycles. The normalized spacial score (nSPS) is 11.7. The highest BCUT2D eigenvalue weighted by Gasteiger charge is 2.26. The Labute approximate surface area is 846 Å². The molecule has 7 nitrogen and oxygen atoms in total. The summed E-state index contributed by atoms with van der Waals surface area (Å²) in [4.78, 5) is 0. The SMILES string of the molecule is Oc1ccc(-c2ccc(-n3c4ccccc4c4cc(-c5ccc6c(c5)c5ccccc5n6-c5cccc(-c6ccccc6)c5)ccc43)cc2)cc1.c1ccc(-c2cc(-n3c4ccccc4c4c(-c5cccc6c5c5ccccc5n6-c5ccccc5)cccc43)cc3c2sc2ccccc23)cc1.c1ccc(-c2ccc(-n3c4ccccc4c4cc(-c5ccc6c(c5)c5ccccc5n6-c5ccccc5)ccc43)cc2)cc1. The highest BCUT2D eigenvalue weighted by Crippen LogP contribution is 2.50. The van der Waals surface area contributed by atoms with Crippen LogP contribution in [0.4, 0.5) is 0 Å². The van der Waals surface area contributed by atoms with Gasteiger partial charge in [-0.25, -0.2) is 0 Å². The molecule has 0 aliphatic rings. The molecule has 0 unspecified atom stereocenters. The van der Waals surface area contributed by atoms with E-state index < -0.39 is 0 Å². The van der Waals surface area contributed by atoms with Crippen LogP contribution in [0.1, 0.15) is 0 Å². The molecule has 7 aromatic heterocycles. The topological polar surface area (TPSA) is 49.8 Å². The summed E-state index contributed by atoms with van der Waals surface area (Å²) in [5, 5.41) is 27.4. The molecule has 30 aromatic rings. The summed E-state index contributed by atoms with van der Waals surface area (Å²) < 4.78 is 17.0. The second kappa shape index (κ2) is 35.3. The third-order valence-corrected chi connectivity index (χ3v) is 30.9. The van der Waals surface area contributed by atoms with E-state index in [2.05, 4.69) is 543 Å². The Morgan fingerprint density at radius 3 is 0.808 bits per heavy atom. The van der Waals surface area contributed by atoms with Crippen molar-refractivity contribution in [1.82, 2.24) is 27.4 Å². The van der Waals surface area contributed by atoms with Gasteiger partial charge in [0.2, 0.25) is 0 Å². The van der Waals surface area contributed by atoms with E-state index in [-0.39, 0.29) is 5.75 Å². The zero-order valence-corrected chi connectivity index (χ0v) is 80.2. The van der Waals surface area contributed by atoms with E-state index >= 15 is 0 Å². The zero-order chi connectivity index (χ0) is 96.4. The molecular weight excluding hydrogens is 1790 g/mol. The Hall–Kier alpha value is -19.1. The fraction of sp³-hybridized carbons (Fsp3) is 0. The summed E-state index contributed by atoms with van der Waals surface area (Å²) >= 11 is 1.89. The van der Waals surface area contributed by atoms with Crippen molar-refractivity contribution in [2.45, 2.75) is 0 Å². The first kappa shape index (κ1) is 84.9. The zero-order valence-electron chi connectivity index (χ0n) is 79.4. The Morgan fingerprint density at radius 2 is 0.397 bits per heavy atom. The number of fused-ring (bicyclic) bond motifs is 21. The van der Waals surface area contributed by atoms with E-state index in [9.17, 15) is 5.11 Å². The Morgan fingerprint density at radius 1 is 0.137 bits per heavy atom. The molecule has 0 saturated carbocycles. The van der Waals surface area contributed by atoms with Gasteiger partial charge in [0, 0.05) is 124 Å². The minimum atomic E-state index is 0.275. The minimum Gasteiger partial charge on any atom is -0.508 e. The number of thiophene rings is 1. The molecule has 30 rings (SSSR count). The average molecular weight is 1880 g/mol. The number of hydrogen-bond acceptors (Lipinski definition) is 2. The van der Waals surface area contributed by atoms with Gasteiger partial charge < -0.3 is 32.5 Å². The molecule has 23 aromatic carbocycles. The molecule has 0 bridgehead atoms. The lowest BCUT2D eigenvalue weighted by Crippen LogP contribution is -1.95. The van der Waals surface area contributed by atoms with E-state index in [0.717, 1.165) is 22.5 Å². The summed E-state index contributed by atoms with van der Waals surface area (Å²) in [6.45, 7) is 0. The first-order valence-electron chi connectivity index (χ1n) is 49.9. The number of benzene rings is 23. The number of hydrogen-bond donors (Lipinski definition) is 1. The predicted octanol–water partition coefficient (Wildman–Crippen LogP) is 37.4. The lowest BCUT2D eigenvalue weighted by atomic mass is 9.95. The van der Waals surface area contributed by atoms with Gasteiger partial charge in [0.1, 0.15) is 5.75 Å². The van der Waals surface area contributed by atoms with Crippen LogP contribution in [-0.2, 0) is 0 Å². The molecule has 0 aliphatic heterocycles. The maximum atomic E-state index is 9.74. The first-order valence-corrected chi connectivity index (χ1v) is 50.7. The maximum absolute atomic E-state index is 9.74. The highest BCUT2D eigenvalue weighted by atomic mass is 32.1. The van der Waals surface area contributed by atoms with Crippen molar-refractivity contribution < 1.29 is 5.11 Å². The molecular formula is C138H90N6OS. The second-order valence-corrected chi connectivity index (χ2v) is 38.9. The predicted molar refractivity (Wildman–Crippen MR) is 618 cm³/mol. The summed E-state index contributed by atoms with van der Waals surface area (Å²) in [6, 6.07) is 195. The van der Waals surface area contributed by atoms with Crippen molar-refractivity contribution in [3.05, 3.63) is 540 Å². The van der Waals surface area contributed by atoms with Crippen LogP contribution in [0.25, 0.3) is 263 Å². The van der Waals surface area contributed by atoms with E-state index in [0.29, 0.717) is 0 Å².